The van der Waals surface area contributed by atoms with Crippen LogP contribution in [0.3, 0.4) is 0 Å². The second-order valence-corrected chi connectivity index (χ2v) is 17.1. The van der Waals surface area contributed by atoms with Crippen molar-refractivity contribution in [3.05, 3.63) is 88.9 Å². The molecule has 0 amide bonds. The van der Waals surface area contributed by atoms with Crippen LogP contribution in [0.15, 0.2) is 61.0 Å². The van der Waals surface area contributed by atoms with Crippen molar-refractivity contribution in [2.24, 2.45) is 0 Å². The van der Waals surface area contributed by atoms with Gasteiger partial charge in [-0.1, -0.05) is 50.3 Å². The Labute approximate surface area is 303 Å². The molecular formula is C39H45F3N6O3S. The Morgan fingerprint density at radius 1 is 1.10 bits per heavy atom. The molecule has 4 aromatic rings. The minimum absolute atomic E-state index is 0.00366. The van der Waals surface area contributed by atoms with Gasteiger partial charge in [0.1, 0.15) is 10.6 Å². The summed E-state index contributed by atoms with van der Waals surface area (Å²) in [4.78, 5) is 18.5. The van der Waals surface area contributed by atoms with E-state index in [9.17, 15) is 21.6 Å². The smallest absolute Gasteiger partial charge is 0.381 e. The van der Waals surface area contributed by atoms with Crippen LogP contribution in [-0.2, 0) is 33.9 Å². The number of hydrogen-bond donors (Lipinski definition) is 0. The van der Waals surface area contributed by atoms with Crippen molar-refractivity contribution in [2.45, 2.75) is 95.8 Å². The van der Waals surface area contributed by atoms with Crippen LogP contribution in [0.25, 0.3) is 22.4 Å². The molecule has 0 N–H and O–H groups in total. The number of aryl methyl sites for hydroxylation is 1. The van der Waals surface area contributed by atoms with Gasteiger partial charge in [-0.05, 0) is 69.2 Å². The van der Waals surface area contributed by atoms with Gasteiger partial charge in [-0.3, -0.25) is 0 Å². The van der Waals surface area contributed by atoms with Gasteiger partial charge in [-0.25, -0.2) is 27.3 Å². The van der Waals surface area contributed by atoms with Crippen molar-refractivity contribution >= 4 is 32.6 Å². The number of aromatic nitrogens is 4. The zero-order chi connectivity index (χ0) is 37.2. The maximum Gasteiger partial charge on any atom is 0.418 e. The number of piperidine rings is 1. The van der Waals surface area contributed by atoms with Crippen LogP contribution in [0.1, 0.15) is 80.8 Å². The Kier molecular flexibility index (Phi) is 9.26. The molecule has 52 heavy (non-hydrogen) atoms. The van der Waals surface area contributed by atoms with Gasteiger partial charge in [0.25, 0.3) is 0 Å². The Hall–Kier alpha value is -4.23. The van der Waals surface area contributed by atoms with E-state index < -0.39 is 26.5 Å². The van der Waals surface area contributed by atoms with E-state index in [1.54, 1.807) is 38.3 Å². The van der Waals surface area contributed by atoms with E-state index in [1.807, 2.05) is 0 Å². The molecule has 0 spiro atoms. The predicted octanol–water partition coefficient (Wildman–Crippen LogP) is 7.96. The lowest BCUT2D eigenvalue weighted by Gasteiger charge is -2.41. The van der Waals surface area contributed by atoms with Crippen LogP contribution in [0.2, 0.25) is 0 Å². The zero-order valence-corrected chi connectivity index (χ0v) is 31.2. The van der Waals surface area contributed by atoms with Gasteiger partial charge in [0.15, 0.2) is 11.5 Å². The number of methoxy groups -OCH3 is 1. The largest absolute Gasteiger partial charge is 0.418 e. The number of anilines is 2. The molecule has 7 rings (SSSR count). The summed E-state index contributed by atoms with van der Waals surface area (Å²) in [5.41, 5.74) is 3.67. The highest BCUT2D eigenvalue weighted by Crippen LogP contribution is 2.43. The molecule has 5 heterocycles. The van der Waals surface area contributed by atoms with E-state index in [1.165, 1.54) is 17.8 Å². The molecule has 0 bridgehead atoms. The van der Waals surface area contributed by atoms with Gasteiger partial charge in [-0.15, -0.1) is 0 Å². The predicted molar refractivity (Wildman–Crippen MR) is 198 cm³/mol. The van der Waals surface area contributed by atoms with Crippen molar-refractivity contribution < 1.29 is 26.3 Å². The van der Waals surface area contributed by atoms with Crippen LogP contribution in [0.5, 0.6) is 0 Å². The van der Waals surface area contributed by atoms with Crippen LogP contribution in [0.4, 0.5) is 24.7 Å². The molecule has 1 aliphatic carbocycles. The highest BCUT2D eigenvalue weighted by atomic mass is 32.2. The number of alkyl halides is 3. The second kappa shape index (κ2) is 13.3. The zero-order valence-electron chi connectivity index (χ0n) is 30.4. The van der Waals surface area contributed by atoms with E-state index in [-0.39, 0.29) is 41.0 Å². The second-order valence-electron chi connectivity index (χ2n) is 14.8. The third-order valence-electron chi connectivity index (χ3n) is 11.0. The molecular weight excluding hydrogens is 690 g/mol. The van der Waals surface area contributed by atoms with Crippen molar-refractivity contribution in [3.63, 3.8) is 0 Å². The summed E-state index contributed by atoms with van der Waals surface area (Å²) in [6.45, 7) is 11.8. The van der Waals surface area contributed by atoms with Crippen LogP contribution in [0, 0.1) is 6.92 Å². The number of pyridine rings is 1. The number of fused-ring (bicyclic) bond motifs is 2. The highest BCUT2D eigenvalue weighted by Gasteiger charge is 2.42. The number of ether oxygens (including phenoxy) is 1. The maximum atomic E-state index is 14.9. The third kappa shape index (κ3) is 6.19. The van der Waals surface area contributed by atoms with Crippen molar-refractivity contribution in [1.82, 2.24) is 18.9 Å². The Morgan fingerprint density at radius 3 is 2.56 bits per heavy atom. The van der Waals surface area contributed by atoms with Gasteiger partial charge in [0, 0.05) is 73.8 Å². The van der Waals surface area contributed by atoms with E-state index in [4.69, 9.17) is 14.7 Å². The molecule has 13 heteroatoms. The molecule has 3 atom stereocenters. The topological polar surface area (TPSA) is 93.4 Å². The Balaban J connectivity index is 1.41. The summed E-state index contributed by atoms with van der Waals surface area (Å²) in [6.07, 6.45) is 6.23. The number of nitrogens with zero attached hydrogens (tertiary/aromatic N) is 6. The minimum atomic E-state index is -4.81. The van der Waals surface area contributed by atoms with Crippen LogP contribution in [-0.4, -0.2) is 64.4 Å². The molecule has 1 aromatic carbocycles. The lowest BCUT2D eigenvalue weighted by molar-refractivity contribution is -0.137. The fourth-order valence-corrected chi connectivity index (χ4v) is 9.37. The molecule has 1 saturated heterocycles. The lowest BCUT2D eigenvalue weighted by Crippen LogP contribution is -2.45. The normalized spacial score (nSPS) is 22.4. The molecule has 3 aromatic heterocycles. The fourth-order valence-electron chi connectivity index (χ4n) is 7.77. The minimum Gasteiger partial charge on any atom is -0.381 e. The molecule has 1 unspecified atom stereocenters. The third-order valence-corrected chi connectivity index (χ3v) is 13.3. The van der Waals surface area contributed by atoms with Gasteiger partial charge in [0.2, 0.25) is 10.0 Å². The summed E-state index contributed by atoms with van der Waals surface area (Å²) in [6, 6.07) is 7.90. The average Bonchev–Trinajstić information content (AvgIpc) is 3.56. The van der Waals surface area contributed by atoms with E-state index in [0.29, 0.717) is 49.7 Å². The van der Waals surface area contributed by atoms with Crippen LogP contribution >= 0.6 is 0 Å². The molecule has 3 aliphatic rings. The standard InChI is InChI=1S/C39H45F3N6O3S/c1-24(2)27-11-10-25(3)33(21-27)46-17-14-32-30(23-46)37(47-18-12-28(51-6)20-26(47)4)45-35(44-32)34-29-13-19-48(36(29)43-22-31(34)39(40,41)42)52(49,50)38(5)15-8-7-9-16-38/h7-11,13,15,19,21-22,24,26,28H,12,14,16-18,20,23H2,1-6H3/t26-,28-,38?/m1/s1. The Morgan fingerprint density at radius 2 is 1.88 bits per heavy atom. The van der Waals surface area contributed by atoms with Crippen molar-refractivity contribution in [1.29, 1.82) is 0 Å². The number of halogens is 3. The van der Waals surface area contributed by atoms with E-state index in [0.717, 1.165) is 33.6 Å². The summed E-state index contributed by atoms with van der Waals surface area (Å²) in [7, 11) is -2.42. The molecule has 0 radical (unpaired) electrons. The van der Waals surface area contributed by atoms with Gasteiger partial charge in [-0.2, -0.15) is 13.2 Å². The highest BCUT2D eigenvalue weighted by molar-refractivity contribution is 7.91. The van der Waals surface area contributed by atoms with E-state index in [2.05, 4.69) is 60.7 Å². The SMILES string of the molecule is CO[C@@H]1CCN(c2nc(-c3c(C(F)(F)F)cnc4c3ccn4S(=O)(=O)C3(C)C=CC=CC3)nc3c2CN(c2cc(C(C)C)ccc2C)CC3)[C@H](C)C1. The number of rotatable bonds is 7. The average molecular weight is 735 g/mol. The Bertz CT molecular complexity index is 2190. The summed E-state index contributed by atoms with van der Waals surface area (Å²) in [5, 5.41) is 0.0212. The van der Waals surface area contributed by atoms with Gasteiger partial charge >= 0.3 is 6.18 Å². The first kappa shape index (κ1) is 36.1. The van der Waals surface area contributed by atoms with Crippen LogP contribution < -0.4 is 9.80 Å². The summed E-state index contributed by atoms with van der Waals surface area (Å²) in [5.74, 6) is 0.855. The fraction of sp³-hybridized carbons (Fsp3) is 0.462. The number of allylic oxidation sites excluding steroid dienone is 3. The first-order valence-corrected chi connectivity index (χ1v) is 19.3. The van der Waals surface area contributed by atoms with Gasteiger partial charge < -0.3 is 14.5 Å². The lowest BCUT2D eigenvalue weighted by atomic mass is 9.96. The summed E-state index contributed by atoms with van der Waals surface area (Å²) < 4.78 is 78.1. The van der Waals surface area contributed by atoms with Crippen molar-refractivity contribution in [3.8, 4) is 11.4 Å². The van der Waals surface area contributed by atoms with Crippen molar-refractivity contribution in [2.75, 3.05) is 30.0 Å². The first-order valence-electron chi connectivity index (χ1n) is 17.8. The molecule has 2 aliphatic heterocycles. The number of benzene rings is 1. The van der Waals surface area contributed by atoms with Gasteiger partial charge in [0.05, 0.1) is 17.4 Å². The first-order chi connectivity index (χ1) is 24.6. The monoisotopic (exact) mass is 734 g/mol. The molecule has 1 fully saturated rings. The quantitative estimate of drug-likeness (QED) is 0.189. The van der Waals surface area contributed by atoms with E-state index >= 15 is 0 Å². The molecule has 0 saturated carbocycles. The molecule has 9 nitrogen and oxygen atoms in total. The number of hydrogen-bond acceptors (Lipinski definition) is 8. The molecule has 276 valence electrons. The maximum absolute atomic E-state index is 14.9. The summed E-state index contributed by atoms with van der Waals surface area (Å²) >= 11 is 0.